The van der Waals surface area contributed by atoms with E-state index in [4.69, 9.17) is 0 Å². The minimum atomic E-state index is -0.627. The minimum absolute atomic E-state index is 0.131. The first-order chi connectivity index (χ1) is 14.1. The van der Waals surface area contributed by atoms with Crippen LogP contribution in [0.25, 0.3) is 0 Å². The van der Waals surface area contributed by atoms with Crippen molar-refractivity contribution < 1.29 is 10.2 Å². The SMILES string of the molecule is C=C1/C(=C\C=C2/CCC[C@@]3(C)C2CC[C@@H]3[C@H](C)CCCC(C)C)C[C@H](O)[C@H](C)C1O. The van der Waals surface area contributed by atoms with Crippen LogP contribution >= 0.6 is 0 Å². The Hall–Kier alpha value is -0.860. The summed E-state index contributed by atoms with van der Waals surface area (Å²) in [7, 11) is 0. The maximum absolute atomic E-state index is 10.4. The standard InChI is InChI=1S/C28H46O2/c1-18(2)9-7-10-19(3)24-14-15-25-22(11-8-16-28(24,25)6)12-13-23-17-26(29)21(5)27(30)20(23)4/h12-13,18-19,21,24-27,29-30H,4,7-11,14-17H2,1-3,5-6H3/b22-12+,23-13-/t19-,21+,24-,25?,26+,27?,28-/m1/s1. The molecule has 3 saturated carbocycles. The summed E-state index contributed by atoms with van der Waals surface area (Å²) in [6.45, 7) is 15.8. The van der Waals surface area contributed by atoms with E-state index < -0.39 is 12.2 Å². The van der Waals surface area contributed by atoms with Crippen LogP contribution in [0.2, 0.25) is 0 Å². The maximum atomic E-state index is 10.4. The molecule has 3 fully saturated rings. The third-order valence-corrected chi connectivity index (χ3v) is 8.97. The second kappa shape index (κ2) is 9.74. The van der Waals surface area contributed by atoms with Crippen LogP contribution in [-0.4, -0.2) is 22.4 Å². The maximum Gasteiger partial charge on any atom is 0.0837 e. The first-order valence-electron chi connectivity index (χ1n) is 12.6. The quantitative estimate of drug-likeness (QED) is 0.500. The van der Waals surface area contributed by atoms with E-state index in [2.05, 4.69) is 46.4 Å². The van der Waals surface area contributed by atoms with Gasteiger partial charge in [-0.3, -0.25) is 0 Å². The molecule has 3 aliphatic rings. The molecule has 0 aromatic rings. The lowest BCUT2D eigenvalue weighted by Crippen LogP contribution is -2.36. The first kappa shape index (κ1) is 23.8. The van der Waals surface area contributed by atoms with E-state index in [9.17, 15) is 10.2 Å². The summed E-state index contributed by atoms with van der Waals surface area (Å²) in [6, 6.07) is 0. The van der Waals surface area contributed by atoms with Crippen LogP contribution in [0.1, 0.15) is 92.4 Å². The van der Waals surface area contributed by atoms with Gasteiger partial charge in [-0.15, -0.1) is 0 Å². The van der Waals surface area contributed by atoms with Crippen LogP contribution in [0.4, 0.5) is 0 Å². The summed E-state index contributed by atoms with van der Waals surface area (Å²) >= 11 is 0. The zero-order chi connectivity index (χ0) is 22.1. The van der Waals surface area contributed by atoms with Gasteiger partial charge in [-0.05, 0) is 78.8 Å². The summed E-state index contributed by atoms with van der Waals surface area (Å²) < 4.78 is 0. The molecule has 0 aromatic heterocycles. The summed E-state index contributed by atoms with van der Waals surface area (Å²) in [5.74, 6) is 3.05. The third kappa shape index (κ3) is 4.80. The highest BCUT2D eigenvalue weighted by Gasteiger charge is 2.50. The van der Waals surface area contributed by atoms with Gasteiger partial charge in [0.25, 0.3) is 0 Å². The molecule has 2 heteroatoms. The monoisotopic (exact) mass is 414 g/mol. The van der Waals surface area contributed by atoms with E-state index in [-0.39, 0.29) is 5.92 Å². The fourth-order valence-electron chi connectivity index (χ4n) is 6.91. The average molecular weight is 415 g/mol. The van der Waals surface area contributed by atoms with Gasteiger partial charge in [0.05, 0.1) is 12.2 Å². The van der Waals surface area contributed by atoms with Crippen LogP contribution in [0, 0.1) is 35.0 Å². The second-order valence-corrected chi connectivity index (χ2v) is 11.4. The summed E-state index contributed by atoms with van der Waals surface area (Å²) in [6.07, 6.45) is 14.7. The lowest BCUT2D eigenvalue weighted by atomic mass is 9.60. The van der Waals surface area contributed by atoms with E-state index in [1.807, 2.05) is 6.92 Å². The summed E-state index contributed by atoms with van der Waals surface area (Å²) in [4.78, 5) is 0. The zero-order valence-corrected chi connectivity index (χ0v) is 20.2. The molecule has 3 rings (SSSR count). The average Bonchev–Trinajstić information content (AvgIpc) is 3.05. The van der Waals surface area contributed by atoms with Gasteiger partial charge in [0.1, 0.15) is 0 Å². The highest BCUT2D eigenvalue weighted by Crippen LogP contribution is 2.60. The fourth-order valence-corrected chi connectivity index (χ4v) is 6.91. The number of allylic oxidation sites excluding steroid dienone is 3. The number of fused-ring (bicyclic) bond motifs is 1. The lowest BCUT2D eigenvalue weighted by molar-refractivity contribution is 0.0283. The molecule has 2 N–H and O–H groups in total. The van der Waals surface area contributed by atoms with E-state index in [1.54, 1.807) is 5.57 Å². The van der Waals surface area contributed by atoms with Gasteiger partial charge in [-0.1, -0.05) is 78.2 Å². The van der Waals surface area contributed by atoms with E-state index >= 15 is 0 Å². The molecular weight excluding hydrogens is 368 g/mol. The molecule has 0 heterocycles. The van der Waals surface area contributed by atoms with Crippen LogP contribution in [-0.2, 0) is 0 Å². The molecule has 0 bridgehead atoms. The van der Waals surface area contributed by atoms with Gasteiger partial charge in [-0.2, -0.15) is 0 Å². The molecular formula is C28H46O2. The molecule has 3 aliphatic carbocycles. The van der Waals surface area contributed by atoms with Gasteiger partial charge in [0.2, 0.25) is 0 Å². The van der Waals surface area contributed by atoms with Crippen molar-refractivity contribution in [3.05, 3.63) is 35.5 Å². The zero-order valence-electron chi connectivity index (χ0n) is 20.2. The predicted molar refractivity (Wildman–Crippen MR) is 127 cm³/mol. The number of hydrogen-bond donors (Lipinski definition) is 2. The Balaban J connectivity index is 1.72. The number of rotatable bonds is 6. The van der Waals surface area contributed by atoms with E-state index in [0.717, 1.165) is 28.9 Å². The highest BCUT2D eigenvalue weighted by atomic mass is 16.3. The Morgan fingerprint density at radius 2 is 1.87 bits per heavy atom. The van der Waals surface area contributed by atoms with E-state index in [1.165, 1.54) is 51.4 Å². The third-order valence-electron chi connectivity index (χ3n) is 8.97. The van der Waals surface area contributed by atoms with Crippen molar-refractivity contribution in [3.8, 4) is 0 Å². The van der Waals surface area contributed by atoms with Crippen molar-refractivity contribution in [2.45, 2.75) is 105 Å². The first-order valence-corrected chi connectivity index (χ1v) is 12.6. The molecule has 30 heavy (non-hydrogen) atoms. The molecule has 0 aromatic carbocycles. The molecule has 2 nitrogen and oxygen atoms in total. The molecule has 0 radical (unpaired) electrons. The van der Waals surface area contributed by atoms with Gasteiger partial charge in [0.15, 0.2) is 0 Å². The number of aliphatic hydroxyl groups excluding tert-OH is 2. The summed E-state index contributed by atoms with van der Waals surface area (Å²) in [5.41, 5.74) is 3.87. The Kier molecular flexibility index (Phi) is 7.72. The Morgan fingerprint density at radius 3 is 2.57 bits per heavy atom. The smallest absolute Gasteiger partial charge is 0.0837 e. The molecule has 0 amide bonds. The largest absolute Gasteiger partial charge is 0.392 e. The number of aliphatic hydroxyl groups is 2. The van der Waals surface area contributed by atoms with Crippen LogP contribution < -0.4 is 0 Å². The molecule has 7 atom stereocenters. The molecule has 0 aliphatic heterocycles. The fraction of sp³-hybridized carbons (Fsp3) is 0.786. The van der Waals surface area contributed by atoms with Crippen molar-refractivity contribution in [2.75, 3.05) is 0 Å². The van der Waals surface area contributed by atoms with Crippen LogP contribution in [0.5, 0.6) is 0 Å². The molecule has 0 spiro atoms. The Morgan fingerprint density at radius 1 is 1.13 bits per heavy atom. The predicted octanol–water partition coefficient (Wildman–Crippen LogP) is 6.84. The highest BCUT2D eigenvalue weighted by molar-refractivity contribution is 5.39. The molecule has 2 unspecified atom stereocenters. The number of hydrogen-bond acceptors (Lipinski definition) is 2. The van der Waals surface area contributed by atoms with Crippen LogP contribution in [0.3, 0.4) is 0 Å². The van der Waals surface area contributed by atoms with Crippen molar-refractivity contribution in [1.29, 1.82) is 0 Å². The van der Waals surface area contributed by atoms with Crippen LogP contribution in [0.15, 0.2) is 35.5 Å². The minimum Gasteiger partial charge on any atom is -0.392 e. The lowest BCUT2D eigenvalue weighted by Gasteiger charge is -2.44. The van der Waals surface area contributed by atoms with E-state index in [0.29, 0.717) is 17.8 Å². The van der Waals surface area contributed by atoms with Gasteiger partial charge >= 0.3 is 0 Å². The van der Waals surface area contributed by atoms with Crippen molar-refractivity contribution in [2.24, 2.45) is 35.0 Å². The normalized spacial score (nSPS) is 40.9. The van der Waals surface area contributed by atoms with Gasteiger partial charge in [0, 0.05) is 5.92 Å². The molecule has 170 valence electrons. The van der Waals surface area contributed by atoms with Crippen molar-refractivity contribution >= 4 is 0 Å². The summed E-state index contributed by atoms with van der Waals surface area (Å²) in [5, 5.41) is 20.7. The second-order valence-electron chi connectivity index (χ2n) is 11.4. The Bertz CT molecular complexity index is 672. The van der Waals surface area contributed by atoms with Crippen molar-refractivity contribution in [1.82, 2.24) is 0 Å². The van der Waals surface area contributed by atoms with Gasteiger partial charge < -0.3 is 10.2 Å². The van der Waals surface area contributed by atoms with Gasteiger partial charge in [-0.25, -0.2) is 0 Å². The Labute approximate surface area is 185 Å². The van der Waals surface area contributed by atoms with Crippen molar-refractivity contribution in [3.63, 3.8) is 0 Å². The molecule has 0 saturated heterocycles. The topological polar surface area (TPSA) is 40.5 Å².